The van der Waals surface area contributed by atoms with Crippen molar-refractivity contribution in [3.05, 3.63) is 23.2 Å². The number of carbonyl (C=O) groups is 2. The van der Waals surface area contributed by atoms with Crippen molar-refractivity contribution in [3.63, 3.8) is 0 Å². The van der Waals surface area contributed by atoms with Crippen molar-refractivity contribution in [2.45, 2.75) is 33.1 Å². The average Bonchev–Trinajstić information content (AvgIpc) is 2.48. The van der Waals surface area contributed by atoms with Crippen molar-refractivity contribution >= 4 is 11.8 Å². The zero-order chi connectivity index (χ0) is 15.4. The van der Waals surface area contributed by atoms with Gasteiger partial charge in [-0.05, 0) is 36.8 Å². The third-order valence-corrected chi connectivity index (χ3v) is 3.96. The van der Waals surface area contributed by atoms with Crippen LogP contribution >= 0.6 is 0 Å². The molecular weight excluding hydrogens is 268 g/mol. The first-order valence-electron chi connectivity index (χ1n) is 7.54. The molecule has 1 atom stereocenters. The number of piperidine rings is 1. The number of rotatable bonds is 2. The summed E-state index contributed by atoms with van der Waals surface area (Å²) in [6.07, 6.45) is 4.69. The molecule has 0 bridgehead atoms. The lowest BCUT2D eigenvalue weighted by atomic mass is 10.0. The van der Waals surface area contributed by atoms with Gasteiger partial charge in [0.1, 0.15) is 0 Å². The fourth-order valence-electron chi connectivity index (χ4n) is 2.73. The Morgan fingerprint density at radius 2 is 2.29 bits per heavy atom. The molecule has 0 aromatic heterocycles. The van der Waals surface area contributed by atoms with Gasteiger partial charge in [-0.25, -0.2) is 0 Å². The lowest BCUT2D eigenvalue weighted by Gasteiger charge is -2.30. The van der Waals surface area contributed by atoms with E-state index >= 15 is 0 Å². The Labute approximate surface area is 125 Å². The van der Waals surface area contributed by atoms with E-state index in [1.807, 2.05) is 13.0 Å². The molecular formula is C15H24N4O2. The van der Waals surface area contributed by atoms with Gasteiger partial charge in [-0.2, -0.15) is 0 Å². The van der Waals surface area contributed by atoms with Crippen LogP contribution in [0.25, 0.3) is 0 Å². The number of nitrogens with one attached hydrogen (secondary N) is 2. The molecule has 6 heteroatoms. The Morgan fingerprint density at radius 1 is 1.52 bits per heavy atom. The molecule has 0 radical (unpaired) electrons. The smallest absolute Gasteiger partial charge is 0.313 e. The maximum Gasteiger partial charge on any atom is 0.313 e. The molecule has 0 spiro atoms. The van der Waals surface area contributed by atoms with Gasteiger partial charge in [0.2, 0.25) is 0 Å². The lowest BCUT2D eigenvalue weighted by molar-refractivity contribution is -0.146. The van der Waals surface area contributed by atoms with Gasteiger partial charge in [0.05, 0.1) is 12.4 Å². The second kappa shape index (κ2) is 6.65. The van der Waals surface area contributed by atoms with Crippen molar-refractivity contribution < 1.29 is 9.59 Å². The summed E-state index contributed by atoms with van der Waals surface area (Å²) in [7, 11) is 0. The van der Waals surface area contributed by atoms with E-state index in [0.29, 0.717) is 37.1 Å². The van der Waals surface area contributed by atoms with E-state index in [1.54, 1.807) is 4.90 Å². The molecule has 0 unspecified atom stereocenters. The summed E-state index contributed by atoms with van der Waals surface area (Å²) < 4.78 is 0. The average molecular weight is 292 g/mol. The van der Waals surface area contributed by atoms with Crippen molar-refractivity contribution in [1.29, 1.82) is 0 Å². The number of carbonyl (C=O) groups excluding carboxylic acids is 2. The van der Waals surface area contributed by atoms with Gasteiger partial charge >= 0.3 is 11.8 Å². The lowest BCUT2D eigenvalue weighted by Crippen LogP contribution is -2.47. The van der Waals surface area contributed by atoms with E-state index < -0.39 is 11.8 Å². The number of dihydropyridines is 1. The van der Waals surface area contributed by atoms with Gasteiger partial charge in [0.25, 0.3) is 0 Å². The number of likely N-dealkylation sites (tertiary alicyclic amines) is 1. The van der Waals surface area contributed by atoms with Gasteiger partial charge < -0.3 is 21.3 Å². The molecule has 2 aliphatic rings. The number of hydrogen-bond donors (Lipinski definition) is 3. The van der Waals surface area contributed by atoms with Crippen LogP contribution in [0.5, 0.6) is 0 Å². The number of amides is 2. The van der Waals surface area contributed by atoms with Crippen LogP contribution in [0.15, 0.2) is 23.2 Å². The van der Waals surface area contributed by atoms with Gasteiger partial charge in [-0.15, -0.1) is 0 Å². The van der Waals surface area contributed by atoms with Crippen LogP contribution in [0.3, 0.4) is 0 Å². The molecule has 1 fully saturated rings. The summed E-state index contributed by atoms with van der Waals surface area (Å²) in [5.41, 5.74) is 7.44. The molecule has 0 aliphatic carbocycles. The zero-order valence-electron chi connectivity index (χ0n) is 12.7. The summed E-state index contributed by atoms with van der Waals surface area (Å²) in [5, 5.41) is 5.71. The van der Waals surface area contributed by atoms with Crippen LogP contribution in [0, 0.1) is 5.92 Å². The second-order valence-corrected chi connectivity index (χ2v) is 5.77. The number of nitrogens with zero attached hydrogens (tertiary/aromatic N) is 1. The molecule has 0 aromatic carbocycles. The minimum Gasteiger partial charge on any atom is -0.385 e. The monoisotopic (exact) mass is 292 g/mol. The van der Waals surface area contributed by atoms with Gasteiger partial charge in [0.15, 0.2) is 0 Å². The van der Waals surface area contributed by atoms with E-state index in [0.717, 1.165) is 24.8 Å². The third-order valence-electron chi connectivity index (χ3n) is 3.96. The Balaban J connectivity index is 1.97. The van der Waals surface area contributed by atoms with Crippen LogP contribution in [-0.4, -0.2) is 36.3 Å². The third kappa shape index (κ3) is 3.77. The molecule has 116 valence electrons. The molecule has 2 aliphatic heterocycles. The summed E-state index contributed by atoms with van der Waals surface area (Å²) in [4.78, 5) is 25.9. The molecule has 1 saturated heterocycles. The van der Waals surface area contributed by atoms with Crippen LogP contribution in [0.2, 0.25) is 0 Å². The van der Waals surface area contributed by atoms with Gasteiger partial charge in [0, 0.05) is 18.8 Å². The minimum absolute atomic E-state index is 0.435. The first kappa shape index (κ1) is 15.4. The fourth-order valence-corrected chi connectivity index (χ4v) is 2.73. The topological polar surface area (TPSA) is 87.5 Å². The van der Waals surface area contributed by atoms with Crippen LogP contribution in [0.1, 0.15) is 33.1 Å². The predicted molar refractivity (Wildman–Crippen MR) is 80.7 cm³/mol. The zero-order valence-corrected chi connectivity index (χ0v) is 12.7. The molecule has 4 N–H and O–H groups in total. The first-order chi connectivity index (χ1) is 10.0. The highest BCUT2D eigenvalue weighted by Crippen LogP contribution is 2.16. The quantitative estimate of drug-likeness (QED) is 0.644. The minimum atomic E-state index is -0.562. The normalized spacial score (nSPS) is 22.5. The van der Waals surface area contributed by atoms with E-state index in [9.17, 15) is 9.59 Å². The van der Waals surface area contributed by atoms with Crippen molar-refractivity contribution in [3.8, 4) is 0 Å². The SMILES string of the molecule is CCC1=C(N)NCC(NC(=O)C(=O)N2CCC[C@H](C)C2)=C1. The Hall–Kier alpha value is -1.98. The molecule has 2 rings (SSSR count). The summed E-state index contributed by atoms with van der Waals surface area (Å²) >= 11 is 0. The Kier molecular flexibility index (Phi) is 4.88. The van der Waals surface area contributed by atoms with Gasteiger partial charge in [-0.1, -0.05) is 13.8 Å². The molecule has 0 aromatic rings. The van der Waals surface area contributed by atoms with Crippen LogP contribution < -0.4 is 16.4 Å². The molecule has 2 amide bonds. The van der Waals surface area contributed by atoms with E-state index in [2.05, 4.69) is 17.6 Å². The maximum atomic E-state index is 12.2. The van der Waals surface area contributed by atoms with Crippen LogP contribution in [-0.2, 0) is 9.59 Å². The molecule has 21 heavy (non-hydrogen) atoms. The predicted octanol–water partition coefficient (Wildman–Crippen LogP) is 0.428. The number of nitrogens with two attached hydrogens (primary N) is 1. The molecule has 0 saturated carbocycles. The highest BCUT2D eigenvalue weighted by Gasteiger charge is 2.26. The highest BCUT2D eigenvalue weighted by molar-refractivity contribution is 6.35. The van der Waals surface area contributed by atoms with Crippen molar-refractivity contribution in [2.75, 3.05) is 19.6 Å². The molecule has 2 heterocycles. The summed E-state index contributed by atoms with van der Waals surface area (Å²) in [5.74, 6) is 0.0864. The summed E-state index contributed by atoms with van der Waals surface area (Å²) in [6.45, 7) is 5.86. The Bertz CT molecular complexity index is 496. The highest BCUT2D eigenvalue weighted by atomic mass is 16.2. The number of hydrogen-bond acceptors (Lipinski definition) is 4. The fraction of sp³-hybridized carbons (Fsp3) is 0.600. The van der Waals surface area contributed by atoms with Crippen LogP contribution in [0.4, 0.5) is 0 Å². The van der Waals surface area contributed by atoms with E-state index in [1.165, 1.54) is 0 Å². The van der Waals surface area contributed by atoms with Crippen molar-refractivity contribution in [1.82, 2.24) is 15.5 Å². The van der Waals surface area contributed by atoms with E-state index in [-0.39, 0.29) is 0 Å². The first-order valence-corrected chi connectivity index (χ1v) is 7.54. The summed E-state index contributed by atoms with van der Waals surface area (Å²) in [6, 6.07) is 0. The number of allylic oxidation sites excluding steroid dienone is 2. The maximum absolute atomic E-state index is 12.2. The van der Waals surface area contributed by atoms with Gasteiger partial charge in [-0.3, -0.25) is 9.59 Å². The molecule has 6 nitrogen and oxygen atoms in total. The standard InChI is InChI=1S/C15H24N4O2/c1-3-11-7-12(8-17-13(11)16)18-14(20)15(21)19-6-4-5-10(2)9-19/h7,10,17H,3-6,8-9,16H2,1-2H3,(H,18,20)/t10-/m0/s1. The largest absolute Gasteiger partial charge is 0.385 e. The van der Waals surface area contributed by atoms with Crippen molar-refractivity contribution in [2.24, 2.45) is 11.7 Å². The van der Waals surface area contributed by atoms with E-state index in [4.69, 9.17) is 5.73 Å². The Morgan fingerprint density at radius 3 is 2.95 bits per heavy atom. The second-order valence-electron chi connectivity index (χ2n) is 5.77.